The summed E-state index contributed by atoms with van der Waals surface area (Å²) >= 11 is 0. The molecule has 8 heteroatoms. The topological polar surface area (TPSA) is 64.6 Å². The maximum absolute atomic E-state index is 14.0. The van der Waals surface area contributed by atoms with E-state index in [-0.39, 0.29) is 24.3 Å². The highest BCUT2D eigenvalue weighted by atomic mass is 19.4. The summed E-state index contributed by atoms with van der Waals surface area (Å²) in [5.74, 6) is -1.76. The van der Waals surface area contributed by atoms with Gasteiger partial charge in [-0.15, -0.1) is 0 Å². The Hall–Kier alpha value is -3.13. The van der Waals surface area contributed by atoms with E-state index in [9.17, 15) is 22.8 Å². The molecule has 0 radical (unpaired) electrons. The summed E-state index contributed by atoms with van der Waals surface area (Å²) < 4.78 is 51.8. The van der Waals surface area contributed by atoms with Crippen molar-refractivity contribution in [3.63, 3.8) is 0 Å². The molecule has 1 aromatic rings. The van der Waals surface area contributed by atoms with Gasteiger partial charge in [-0.2, -0.15) is 13.2 Å². The molecule has 0 heterocycles. The van der Waals surface area contributed by atoms with Crippen LogP contribution >= 0.6 is 0 Å². The standard InChI is InChI=1S/C33H44F3NO4/c1-3-4-5-6-7-8-9-10-11-12-13-14-15-16-17-18-22-25-30(38)37-28-26-29(28)41-31(39)32(40-2,33(34,35)36)27-23-20-19-21-24-27/h7-8,10-11,13-14,16-17,19-21,23-24,28-29H,3-6,9,12,15,18,22,25-26H2,1-2H3,(H,37,38)/b8-7-,11-10-,14-13-,17-16-/t28-,29-,32-/m0/s1. The van der Waals surface area contributed by atoms with E-state index in [0.29, 0.717) is 6.42 Å². The van der Waals surface area contributed by atoms with Crippen molar-refractivity contribution < 1.29 is 32.2 Å². The van der Waals surface area contributed by atoms with Gasteiger partial charge in [0.15, 0.2) is 0 Å². The van der Waals surface area contributed by atoms with E-state index in [2.05, 4.69) is 54.8 Å². The molecule has 3 atom stereocenters. The number of benzene rings is 1. The highest BCUT2D eigenvalue weighted by molar-refractivity contribution is 5.83. The summed E-state index contributed by atoms with van der Waals surface area (Å²) in [5.41, 5.74) is -3.59. The average Bonchev–Trinajstić information content (AvgIpc) is 3.67. The first-order chi connectivity index (χ1) is 19.8. The molecular weight excluding hydrogens is 531 g/mol. The molecule has 0 saturated heterocycles. The molecule has 5 nitrogen and oxygen atoms in total. The molecule has 1 amide bonds. The smallest absolute Gasteiger partial charge is 0.432 e. The van der Waals surface area contributed by atoms with Crippen LogP contribution in [0, 0.1) is 0 Å². The van der Waals surface area contributed by atoms with Gasteiger partial charge in [-0.3, -0.25) is 4.79 Å². The average molecular weight is 576 g/mol. The third-order valence-electron chi connectivity index (χ3n) is 6.74. The molecule has 41 heavy (non-hydrogen) atoms. The number of ether oxygens (including phenoxy) is 2. The van der Waals surface area contributed by atoms with E-state index in [1.165, 1.54) is 43.5 Å². The molecule has 1 N–H and O–H groups in total. The Morgan fingerprint density at radius 3 is 1.98 bits per heavy atom. The number of nitrogens with one attached hydrogen (secondary N) is 1. The molecule has 0 spiro atoms. The fourth-order valence-corrected chi connectivity index (χ4v) is 4.28. The predicted octanol–water partition coefficient (Wildman–Crippen LogP) is 8.04. The third-order valence-corrected chi connectivity index (χ3v) is 6.74. The summed E-state index contributed by atoms with van der Waals surface area (Å²) in [5, 5.41) is 2.73. The summed E-state index contributed by atoms with van der Waals surface area (Å²) in [6.07, 6.45) is 20.9. The second-order valence-corrected chi connectivity index (χ2v) is 10.1. The molecule has 0 aliphatic heterocycles. The molecule has 1 aliphatic rings. The second kappa shape index (κ2) is 18.3. The van der Waals surface area contributed by atoms with E-state index in [0.717, 1.165) is 39.2 Å². The predicted molar refractivity (Wildman–Crippen MR) is 156 cm³/mol. The number of hydrogen-bond donors (Lipinski definition) is 1. The Morgan fingerprint density at radius 1 is 0.878 bits per heavy atom. The molecule has 0 bridgehead atoms. The normalized spacial score (nSPS) is 18.9. The third kappa shape index (κ3) is 11.7. The van der Waals surface area contributed by atoms with Crippen LogP contribution in [0.1, 0.15) is 83.1 Å². The van der Waals surface area contributed by atoms with Crippen molar-refractivity contribution in [1.29, 1.82) is 0 Å². The van der Waals surface area contributed by atoms with Gasteiger partial charge in [-0.05, 0) is 44.9 Å². The lowest BCUT2D eigenvalue weighted by molar-refractivity contribution is -0.277. The van der Waals surface area contributed by atoms with Crippen molar-refractivity contribution in [1.82, 2.24) is 5.32 Å². The van der Waals surface area contributed by atoms with Gasteiger partial charge in [0, 0.05) is 25.5 Å². The minimum Gasteiger partial charge on any atom is -0.457 e. The number of methoxy groups -OCH3 is 1. The van der Waals surface area contributed by atoms with Gasteiger partial charge in [0.1, 0.15) is 6.10 Å². The van der Waals surface area contributed by atoms with Crippen LogP contribution in [0.2, 0.25) is 0 Å². The van der Waals surface area contributed by atoms with Crippen molar-refractivity contribution in [2.75, 3.05) is 7.11 Å². The van der Waals surface area contributed by atoms with Crippen LogP contribution < -0.4 is 5.32 Å². The van der Waals surface area contributed by atoms with E-state index in [4.69, 9.17) is 9.47 Å². The number of amides is 1. The zero-order chi connectivity index (χ0) is 30.0. The highest BCUT2D eigenvalue weighted by Gasteiger charge is 2.65. The molecule has 2 rings (SSSR count). The van der Waals surface area contributed by atoms with Crippen LogP contribution in [0.15, 0.2) is 78.9 Å². The number of alkyl halides is 3. The van der Waals surface area contributed by atoms with Crippen molar-refractivity contribution in [3.8, 4) is 0 Å². The van der Waals surface area contributed by atoms with Crippen LogP contribution in [-0.4, -0.2) is 37.3 Å². The maximum Gasteiger partial charge on any atom is 0.432 e. The number of esters is 1. The number of carbonyl (C=O) groups excluding carboxylic acids is 2. The molecule has 226 valence electrons. The van der Waals surface area contributed by atoms with Crippen molar-refractivity contribution >= 4 is 11.9 Å². The lowest BCUT2D eigenvalue weighted by Crippen LogP contribution is -2.52. The van der Waals surface area contributed by atoms with E-state index >= 15 is 0 Å². The van der Waals surface area contributed by atoms with Gasteiger partial charge < -0.3 is 14.8 Å². The van der Waals surface area contributed by atoms with Crippen molar-refractivity contribution in [3.05, 3.63) is 84.5 Å². The Morgan fingerprint density at radius 2 is 1.44 bits per heavy atom. The van der Waals surface area contributed by atoms with Gasteiger partial charge >= 0.3 is 12.1 Å². The molecule has 0 aromatic heterocycles. The van der Waals surface area contributed by atoms with Gasteiger partial charge in [0.25, 0.3) is 5.60 Å². The number of carbonyl (C=O) groups is 2. The summed E-state index contributed by atoms with van der Waals surface area (Å²) in [4.78, 5) is 24.9. The van der Waals surface area contributed by atoms with E-state index in [1.54, 1.807) is 6.07 Å². The quantitative estimate of drug-likeness (QED) is 0.103. The fraction of sp³-hybridized carbons (Fsp3) is 0.515. The minimum atomic E-state index is -5.03. The monoisotopic (exact) mass is 575 g/mol. The molecule has 1 aromatic carbocycles. The lowest BCUT2D eigenvalue weighted by Gasteiger charge is -2.32. The first-order valence-corrected chi connectivity index (χ1v) is 14.5. The Kier molecular flexibility index (Phi) is 15.2. The van der Waals surface area contributed by atoms with Crippen LogP contribution in [-0.2, 0) is 24.7 Å². The summed E-state index contributed by atoms with van der Waals surface area (Å²) in [6.45, 7) is 2.21. The molecule has 0 unspecified atom stereocenters. The van der Waals surface area contributed by atoms with Gasteiger partial charge in [-0.25, -0.2) is 4.79 Å². The van der Waals surface area contributed by atoms with Crippen molar-refractivity contribution in [2.45, 2.75) is 101 Å². The molecular formula is C33H44F3NO4. The van der Waals surface area contributed by atoms with Gasteiger partial charge in [0.2, 0.25) is 5.91 Å². The summed E-state index contributed by atoms with van der Waals surface area (Å²) in [7, 11) is 0.826. The molecule has 1 saturated carbocycles. The van der Waals surface area contributed by atoms with Crippen molar-refractivity contribution in [2.24, 2.45) is 0 Å². The number of allylic oxidation sites excluding steroid dienone is 8. The number of halogens is 3. The molecule has 1 aliphatic carbocycles. The fourth-order valence-electron chi connectivity index (χ4n) is 4.28. The van der Waals surface area contributed by atoms with Crippen LogP contribution in [0.25, 0.3) is 0 Å². The van der Waals surface area contributed by atoms with Crippen LogP contribution in [0.4, 0.5) is 13.2 Å². The van der Waals surface area contributed by atoms with E-state index < -0.39 is 29.9 Å². The van der Waals surface area contributed by atoms with Crippen LogP contribution in [0.3, 0.4) is 0 Å². The summed E-state index contributed by atoms with van der Waals surface area (Å²) in [6, 6.07) is 6.17. The number of hydrogen-bond acceptors (Lipinski definition) is 4. The number of rotatable bonds is 19. The van der Waals surface area contributed by atoms with E-state index in [1.807, 2.05) is 6.08 Å². The van der Waals surface area contributed by atoms with Gasteiger partial charge in [0.05, 0.1) is 6.04 Å². The zero-order valence-electron chi connectivity index (χ0n) is 24.2. The first-order valence-electron chi connectivity index (χ1n) is 14.5. The SMILES string of the molecule is CCCCC/C=C\C/C=C\C/C=C\C/C=C\CCCC(=O)N[C@H]1C[C@@H]1OC(=O)[C@@](OC)(c1ccccc1)C(F)(F)F. The Labute approximate surface area is 242 Å². The Balaban J connectivity index is 1.60. The van der Waals surface area contributed by atoms with Gasteiger partial charge in [-0.1, -0.05) is 98.7 Å². The first kappa shape index (κ1) is 34.1. The largest absolute Gasteiger partial charge is 0.457 e. The maximum atomic E-state index is 14.0. The van der Waals surface area contributed by atoms with Crippen LogP contribution in [0.5, 0.6) is 0 Å². The Bertz CT molecular complexity index is 1030. The zero-order valence-corrected chi connectivity index (χ0v) is 24.2. The lowest BCUT2D eigenvalue weighted by atomic mass is 9.93. The molecule has 1 fully saturated rings. The second-order valence-electron chi connectivity index (χ2n) is 10.1. The minimum absolute atomic E-state index is 0.221. The number of unbranched alkanes of at least 4 members (excludes halogenated alkanes) is 4. The highest BCUT2D eigenvalue weighted by Crippen LogP contribution is 2.44.